The molecule has 0 spiro atoms. The number of aromatic nitrogens is 1. The summed E-state index contributed by atoms with van der Waals surface area (Å²) >= 11 is 0. The fraction of sp³-hybridized carbons (Fsp3) is 0.684. The molecule has 0 bridgehead atoms. The van der Waals surface area contributed by atoms with Crippen LogP contribution < -0.4 is 10.2 Å². The van der Waals surface area contributed by atoms with Crippen LogP contribution >= 0.6 is 0 Å². The Hall–Kier alpha value is -1.82. The fourth-order valence-corrected chi connectivity index (χ4v) is 4.08. The van der Waals surface area contributed by atoms with Crippen molar-refractivity contribution in [2.24, 2.45) is 0 Å². The van der Waals surface area contributed by atoms with Crippen LogP contribution in [0.25, 0.3) is 0 Å². The SMILES string of the molecule is CN(C(=O)Nc1cccnc1N1CCCCC1)[C@@H]1CCN(C2CC2)C1. The smallest absolute Gasteiger partial charge is 0.321 e. The second-order valence-electron chi connectivity index (χ2n) is 7.63. The zero-order valence-electron chi connectivity index (χ0n) is 15.2. The van der Waals surface area contributed by atoms with Crippen molar-refractivity contribution in [2.45, 2.75) is 50.6 Å². The van der Waals surface area contributed by atoms with E-state index in [9.17, 15) is 4.79 Å². The number of likely N-dealkylation sites (N-methyl/N-ethyl adjacent to an activating group) is 1. The normalized spacial score (nSPS) is 24.4. The number of likely N-dealkylation sites (tertiary alicyclic amines) is 1. The minimum atomic E-state index is -0.0195. The molecule has 6 heteroatoms. The Morgan fingerprint density at radius 1 is 1.20 bits per heavy atom. The molecule has 0 unspecified atom stereocenters. The van der Waals surface area contributed by atoms with Gasteiger partial charge >= 0.3 is 6.03 Å². The van der Waals surface area contributed by atoms with E-state index in [2.05, 4.69) is 20.1 Å². The van der Waals surface area contributed by atoms with Crippen molar-refractivity contribution in [3.05, 3.63) is 18.3 Å². The van der Waals surface area contributed by atoms with Gasteiger partial charge in [-0.05, 0) is 50.7 Å². The van der Waals surface area contributed by atoms with Crippen molar-refractivity contribution in [2.75, 3.05) is 43.4 Å². The monoisotopic (exact) mass is 343 g/mol. The van der Waals surface area contributed by atoms with Gasteiger partial charge in [-0.2, -0.15) is 0 Å². The summed E-state index contributed by atoms with van der Waals surface area (Å²) in [5.74, 6) is 0.912. The highest BCUT2D eigenvalue weighted by Gasteiger charge is 2.36. The highest BCUT2D eigenvalue weighted by molar-refractivity contribution is 5.92. The molecule has 1 aliphatic carbocycles. The van der Waals surface area contributed by atoms with Gasteiger partial charge in [0.2, 0.25) is 0 Å². The molecule has 3 heterocycles. The molecular formula is C19H29N5O. The molecule has 2 amide bonds. The van der Waals surface area contributed by atoms with E-state index < -0.39 is 0 Å². The van der Waals surface area contributed by atoms with Crippen molar-refractivity contribution in [1.82, 2.24) is 14.8 Å². The number of carbonyl (C=O) groups is 1. The molecule has 136 valence electrons. The molecule has 6 nitrogen and oxygen atoms in total. The van der Waals surface area contributed by atoms with Gasteiger partial charge in [-0.3, -0.25) is 4.90 Å². The number of piperidine rings is 1. The lowest BCUT2D eigenvalue weighted by molar-refractivity contribution is 0.201. The predicted molar refractivity (Wildman–Crippen MR) is 100 cm³/mol. The second kappa shape index (κ2) is 7.20. The summed E-state index contributed by atoms with van der Waals surface area (Å²) in [6.45, 7) is 4.18. The van der Waals surface area contributed by atoms with Crippen LogP contribution in [0.5, 0.6) is 0 Å². The van der Waals surface area contributed by atoms with Crippen LogP contribution in [-0.4, -0.2) is 66.1 Å². The summed E-state index contributed by atoms with van der Waals surface area (Å²) in [6, 6.07) is 4.94. The molecule has 1 aromatic heterocycles. The lowest BCUT2D eigenvalue weighted by Crippen LogP contribution is -2.42. The summed E-state index contributed by atoms with van der Waals surface area (Å²) in [7, 11) is 1.92. The molecular weight excluding hydrogens is 314 g/mol. The van der Waals surface area contributed by atoms with Crippen molar-refractivity contribution < 1.29 is 4.79 Å². The van der Waals surface area contributed by atoms with E-state index in [1.807, 2.05) is 30.3 Å². The largest absolute Gasteiger partial charge is 0.355 e. The van der Waals surface area contributed by atoms with Gasteiger partial charge in [0.05, 0.1) is 5.69 Å². The average molecular weight is 343 g/mol. The van der Waals surface area contributed by atoms with Gasteiger partial charge in [-0.25, -0.2) is 9.78 Å². The van der Waals surface area contributed by atoms with Crippen molar-refractivity contribution in [3.63, 3.8) is 0 Å². The van der Waals surface area contributed by atoms with Crippen LogP contribution in [0.3, 0.4) is 0 Å². The standard InChI is InChI=1S/C19H29N5O/c1-22(16-9-13-24(14-16)15-7-8-15)19(25)21-17-6-5-10-20-18(17)23-11-3-2-4-12-23/h5-6,10,15-16H,2-4,7-9,11-14H2,1H3,(H,21,25)/t16-/m1/s1. The number of nitrogens with one attached hydrogen (secondary N) is 1. The maximum atomic E-state index is 12.8. The van der Waals surface area contributed by atoms with Gasteiger partial charge < -0.3 is 15.1 Å². The molecule has 2 aliphatic heterocycles. The van der Waals surface area contributed by atoms with Crippen LogP contribution in [-0.2, 0) is 0 Å². The maximum Gasteiger partial charge on any atom is 0.321 e. The molecule has 25 heavy (non-hydrogen) atoms. The number of hydrogen-bond donors (Lipinski definition) is 1. The van der Waals surface area contributed by atoms with E-state index in [4.69, 9.17) is 0 Å². The molecule has 1 N–H and O–H groups in total. The fourth-order valence-electron chi connectivity index (χ4n) is 4.08. The van der Waals surface area contributed by atoms with Crippen LogP contribution in [0, 0.1) is 0 Å². The van der Waals surface area contributed by atoms with Gasteiger partial charge in [0.1, 0.15) is 0 Å². The Kier molecular flexibility index (Phi) is 4.79. The quantitative estimate of drug-likeness (QED) is 0.913. The topological polar surface area (TPSA) is 51.7 Å². The van der Waals surface area contributed by atoms with Gasteiger partial charge in [-0.1, -0.05) is 0 Å². The second-order valence-corrected chi connectivity index (χ2v) is 7.63. The minimum Gasteiger partial charge on any atom is -0.355 e. The highest BCUT2D eigenvalue weighted by Crippen LogP contribution is 2.31. The molecule has 0 radical (unpaired) electrons. The van der Waals surface area contributed by atoms with Crippen LogP contribution in [0.2, 0.25) is 0 Å². The molecule has 1 aromatic rings. The number of amides is 2. The summed E-state index contributed by atoms with van der Waals surface area (Å²) in [6.07, 6.45) is 9.23. The van der Waals surface area contributed by atoms with E-state index in [1.54, 1.807) is 0 Å². The summed E-state index contributed by atoms with van der Waals surface area (Å²) < 4.78 is 0. The maximum absolute atomic E-state index is 12.8. The van der Waals surface area contributed by atoms with Gasteiger partial charge in [0, 0.05) is 51.5 Å². The first-order valence-electron chi connectivity index (χ1n) is 9.70. The lowest BCUT2D eigenvalue weighted by Gasteiger charge is -2.30. The molecule has 3 aliphatic rings. The number of hydrogen-bond acceptors (Lipinski definition) is 4. The average Bonchev–Trinajstić information content (AvgIpc) is 3.39. The van der Waals surface area contributed by atoms with E-state index >= 15 is 0 Å². The van der Waals surface area contributed by atoms with E-state index in [1.165, 1.54) is 32.1 Å². The molecule has 1 atom stereocenters. The van der Waals surface area contributed by atoms with Crippen LogP contribution in [0.4, 0.5) is 16.3 Å². The van der Waals surface area contributed by atoms with E-state index in [0.717, 1.165) is 50.1 Å². The molecule has 4 rings (SSSR count). The van der Waals surface area contributed by atoms with E-state index in [-0.39, 0.29) is 6.03 Å². The Morgan fingerprint density at radius 3 is 2.76 bits per heavy atom. The zero-order valence-corrected chi connectivity index (χ0v) is 15.2. The van der Waals surface area contributed by atoms with E-state index in [0.29, 0.717) is 6.04 Å². The third kappa shape index (κ3) is 3.73. The van der Waals surface area contributed by atoms with Gasteiger partial charge in [-0.15, -0.1) is 0 Å². The van der Waals surface area contributed by atoms with Crippen molar-refractivity contribution >= 4 is 17.5 Å². The van der Waals surface area contributed by atoms with Crippen molar-refractivity contribution in [3.8, 4) is 0 Å². The number of carbonyl (C=O) groups excluding carboxylic acids is 1. The van der Waals surface area contributed by atoms with Crippen molar-refractivity contribution in [1.29, 1.82) is 0 Å². The number of anilines is 2. The first kappa shape index (κ1) is 16.6. The number of urea groups is 1. The Morgan fingerprint density at radius 2 is 2.00 bits per heavy atom. The number of rotatable bonds is 4. The first-order chi connectivity index (χ1) is 12.2. The molecule has 3 fully saturated rings. The van der Waals surface area contributed by atoms with Gasteiger partial charge in [0.25, 0.3) is 0 Å². The zero-order chi connectivity index (χ0) is 17.2. The molecule has 1 saturated carbocycles. The first-order valence-corrected chi connectivity index (χ1v) is 9.70. The summed E-state index contributed by atoms with van der Waals surface area (Å²) in [5, 5.41) is 3.11. The molecule has 2 saturated heterocycles. The Bertz CT molecular complexity index is 612. The summed E-state index contributed by atoms with van der Waals surface area (Å²) in [4.78, 5) is 24.0. The highest BCUT2D eigenvalue weighted by atomic mass is 16.2. The molecule has 0 aromatic carbocycles. The Balaban J connectivity index is 1.40. The predicted octanol–water partition coefficient (Wildman–Crippen LogP) is 2.77. The third-order valence-corrected chi connectivity index (χ3v) is 5.81. The minimum absolute atomic E-state index is 0.0195. The van der Waals surface area contributed by atoms with Gasteiger partial charge in [0.15, 0.2) is 5.82 Å². The number of pyridine rings is 1. The van der Waals surface area contributed by atoms with Crippen LogP contribution in [0.1, 0.15) is 38.5 Å². The lowest BCUT2D eigenvalue weighted by atomic mass is 10.1. The number of nitrogens with zero attached hydrogens (tertiary/aromatic N) is 4. The van der Waals surface area contributed by atoms with Crippen LogP contribution in [0.15, 0.2) is 18.3 Å². The Labute approximate surface area is 150 Å². The summed E-state index contributed by atoms with van der Waals surface area (Å²) in [5.41, 5.74) is 0.832. The third-order valence-electron chi connectivity index (χ3n) is 5.81.